The Labute approximate surface area is 108 Å². The third-order valence-electron chi connectivity index (χ3n) is 4.04. The number of likely N-dealkylation sites (tertiary alicyclic amines) is 1. The van der Waals surface area contributed by atoms with E-state index in [0.29, 0.717) is 17.5 Å². The number of aromatic hydroxyl groups is 1. The first-order valence-corrected chi connectivity index (χ1v) is 6.75. The maximum absolute atomic E-state index is 13.9. The van der Waals surface area contributed by atoms with E-state index in [1.165, 1.54) is 18.9 Å². The van der Waals surface area contributed by atoms with Crippen LogP contribution >= 0.6 is 0 Å². The number of halogens is 1. The highest BCUT2D eigenvalue weighted by molar-refractivity contribution is 5.29. The molecule has 0 aromatic heterocycles. The van der Waals surface area contributed by atoms with Crippen LogP contribution < -0.4 is 0 Å². The minimum Gasteiger partial charge on any atom is -0.508 e. The Balaban J connectivity index is 2.22. The van der Waals surface area contributed by atoms with E-state index in [0.717, 1.165) is 6.54 Å². The van der Waals surface area contributed by atoms with Crippen LogP contribution in [0.3, 0.4) is 0 Å². The lowest BCUT2D eigenvalue weighted by Crippen LogP contribution is -2.35. The molecular weight excluding hydrogens is 229 g/mol. The summed E-state index contributed by atoms with van der Waals surface area (Å²) in [4.78, 5) is 2.39. The molecule has 1 aliphatic heterocycles. The van der Waals surface area contributed by atoms with Gasteiger partial charge in [0.05, 0.1) is 0 Å². The van der Waals surface area contributed by atoms with Crippen LogP contribution in [0.1, 0.15) is 45.2 Å². The average molecular weight is 251 g/mol. The third kappa shape index (κ3) is 2.51. The number of benzene rings is 1. The molecule has 0 bridgehead atoms. The zero-order chi connectivity index (χ0) is 13.3. The van der Waals surface area contributed by atoms with Crippen LogP contribution in [0.15, 0.2) is 18.2 Å². The normalized spacial score (nSPS) is 22.6. The van der Waals surface area contributed by atoms with Crippen molar-refractivity contribution in [1.82, 2.24) is 4.90 Å². The number of hydrogen-bond donors (Lipinski definition) is 1. The molecule has 1 N–H and O–H groups in total. The van der Waals surface area contributed by atoms with Crippen LogP contribution in [0.25, 0.3) is 0 Å². The monoisotopic (exact) mass is 251 g/mol. The summed E-state index contributed by atoms with van der Waals surface area (Å²) in [6.45, 7) is 7.53. The van der Waals surface area contributed by atoms with Crippen molar-refractivity contribution in [3.05, 3.63) is 29.6 Å². The molecule has 2 nitrogen and oxygen atoms in total. The van der Waals surface area contributed by atoms with Crippen molar-refractivity contribution in [3.63, 3.8) is 0 Å². The van der Waals surface area contributed by atoms with E-state index in [1.807, 2.05) is 0 Å². The molecule has 3 heteroatoms. The molecule has 2 rings (SSSR count). The Morgan fingerprint density at radius 2 is 2.06 bits per heavy atom. The number of nitrogens with zero attached hydrogens (tertiary/aromatic N) is 1. The van der Waals surface area contributed by atoms with Gasteiger partial charge in [0, 0.05) is 23.7 Å². The molecule has 1 fully saturated rings. The molecule has 1 saturated heterocycles. The van der Waals surface area contributed by atoms with E-state index in [9.17, 15) is 9.50 Å². The molecule has 1 heterocycles. The molecule has 1 aromatic rings. The van der Waals surface area contributed by atoms with Crippen molar-refractivity contribution in [2.75, 3.05) is 6.54 Å². The van der Waals surface area contributed by atoms with Gasteiger partial charge in [0.2, 0.25) is 0 Å². The lowest BCUT2D eigenvalue weighted by atomic mass is 9.98. The first-order chi connectivity index (χ1) is 8.50. The Kier molecular flexibility index (Phi) is 3.91. The van der Waals surface area contributed by atoms with Gasteiger partial charge in [-0.05, 0) is 38.3 Å². The molecule has 0 amide bonds. The van der Waals surface area contributed by atoms with Gasteiger partial charge in [-0.25, -0.2) is 4.39 Å². The second-order valence-corrected chi connectivity index (χ2v) is 5.57. The Hall–Kier alpha value is -1.09. The smallest absolute Gasteiger partial charge is 0.131 e. The molecule has 2 unspecified atom stereocenters. The Bertz CT molecular complexity index is 419. The van der Waals surface area contributed by atoms with Crippen LogP contribution in [-0.2, 0) is 0 Å². The summed E-state index contributed by atoms with van der Waals surface area (Å²) in [5.41, 5.74) is 0.681. The van der Waals surface area contributed by atoms with Gasteiger partial charge in [0.25, 0.3) is 0 Å². The second kappa shape index (κ2) is 5.27. The largest absolute Gasteiger partial charge is 0.508 e. The van der Waals surface area contributed by atoms with Crippen LogP contribution in [-0.4, -0.2) is 22.6 Å². The lowest BCUT2D eigenvalue weighted by Gasteiger charge is -2.33. The fourth-order valence-electron chi connectivity index (χ4n) is 3.05. The van der Waals surface area contributed by atoms with Gasteiger partial charge in [-0.2, -0.15) is 0 Å². The van der Waals surface area contributed by atoms with E-state index in [2.05, 4.69) is 25.7 Å². The highest BCUT2D eigenvalue weighted by Crippen LogP contribution is 2.34. The molecule has 0 aliphatic carbocycles. The van der Waals surface area contributed by atoms with Crippen LogP contribution in [0, 0.1) is 11.7 Å². The first-order valence-electron chi connectivity index (χ1n) is 6.75. The fourth-order valence-corrected chi connectivity index (χ4v) is 3.05. The predicted molar refractivity (Wildman–Crippen MR) is 71.0 cm³/mol. The van der Waals surface area contributed by atoms with E-state index in [4.69, 9.17) is 0 Å². The van der Waals surface area contributed by atoms with Crippen molar-refractivity contribution < 1.29 is 9.50 Å². The predicted octanol–water partition coefficient (Wildman–Crippen LogP) is 3.71. The second-order valence-electron chi connectivity index (χ2n) is 5.57. The molecule has 2 atom stereocenters. The van der Waals surface area contributed by atoms with Crippen molar-refractivity contribution in [2.24, 2.45) is 5.92 Å². The molecule has 18 heavy (non-hydrogen) atoms. The number of phenolic OH excluding ortho intramolecular Hbond substituents is 1. The van der Waals surface area contributed by atoms with Gasteiger partial charge in [0.1, 0.15) is 11.6 Å². The van der Waals surface area contributed by atoms with Crippen molar-refractivity contribution in [2.45, 2.75) is 45.7 Å². The quantitative estimate of drug-likeness (QED) is 0.885. The van der Waals surface area contributed by atoms with Crippen LogP contribution in [0.2, 0.25) is 0 Å². The highest BCUT2D eigenvalue weighted by Gasteiger charge is 2.32. The summed E-state index contributed by atoms with van der Waals surface area (Å²) in [6, 6.07) is 5.07. The van der Waals surface area contributed by atoms with E-state index in [1.54, 1.807) is 12.1 Å². The van der Waals surface area contributed by atoms with Gasteiger partial charge in [0.15, 0.2) is 0 Å². The Morgan fingerprint density at radius 3 is 2.67 bits per heavy atom. The number of phenols is 1. The summed E-state index contributed by atoms with van der Waals surface area (Å²) < 4.78 is 13.9. The van der Waals surface area contributed by atoms with E-state index in [-0.39, 0.29) is 17.6 Å². The molecule has 0 spiro atoms. The minimum absolute atomic E-state index is 0.00900. The van der Waals surface area contributed by atoms with Crippen LogP contribution in [0.4, 0.5) is 4.39 Å². The summed E-state index contributed by atoms with van der Waals surface area (Å²) >= 11 is 0. The first kappa shape index (κ1) is 13.3. The van der Waals surface area contributed by atoms with Gasteiger partial charge in [-0.1, -0.05) is 19.9 Å². The summed E-state index contributed by atoms with van der Waals surface area (Å²) in [6.07, 6.45) is 2.38. The van der Waals surface area contributed by atoms with Gasteiger partial charge in [-0.3, -0.25) is 4.90 Å². The lowest BCUT2D eigenvalue weighted by molar-refractivity contribution is 0.153. The summed E-state index contributed by atoms with van der Waals surface area (Å²) in [5.74, 6) is 0.275. The maximum atomic E-state index is 13.9. The van der Waals surface area contributed by atoms with Gasteiger partial charge < -0.3 is 5.11 Å². The fraction of sp³-hybridized carbons (Fsp3) is 0.600. The SMILES string of the molecule is CC(C)C1CCCN1C(C)c1ccc(O)cc1F. The summed E-state index contributed by atoms with van der Waals surface area (Å²) in [7, 11) is 0. The van der Waals surface area contributed by atoms with E-state index < -0.39 is 0 Å². The molecule has 1 aromatic carbocycles. The Morgan fingerprint density at radius 1 is 1.33 bits per heavy atom. The zero-order valence-corrected chi connectivity index (χ0v) is 11.4. The standard InChI is InChI=1S/C15H22FNO/c1-10(2)15-5-4-8-17(15)11(3)13-7-6-12(18)9-14(13)16/h6-7,9-11,15,18H,4-5,8H2,1-3H3. The number of rotatable bonds is 3. The summed E-state index contributed by atoms with van der Waals surface area (Å²) in [5, 5.41) is 9.27. The van der Waals surface area contributed by atoms with Crippen molar-refractivity contribution >= 4 is 0 Å². The topological polar surface area (TPSA) is 23.5 Å². The molecule has 0 radical (unpaired) electrons. The minimum atomic E-state index is -0.308. The maximum Gasteiger partial charge on any atom is 0.131 e. The van der Waals surface area contributed by atoms with Crippen LogP contribution in [0.5, 0.6) is 5.75 Å². The van der Waals surface area contributed by atoms with Crippen molar-refractivity contribution in [1.29, 1.82) is 0 Å². The molecule has 0 saturated carbocycles. The molecular formula is C15H22FNO. The van der Waals surface area contributed by atoms with Gasteiger partial charge >= 0.3 is 0 Å². The zero-order valence-electron chi connectivity index (χ0n) is 11.4. The van der Waals surface area contributed by atoms with E-state index >= 15 is 0 Å². The highest BCUT2D eigenvalue weighted by atomic mass is 19.1. The number of hydrogen-bond acceptors (Lipinski definition) is 2. The average Bonchev–Trinajstić information content (AvgIpc) is 2.77. The van der Waals surface area contributed by atoms with Crippen molar-refractivity contribution in [3.8, 4) is 5.75 Å². The third-order valence-corrected chi connectivity index (χ3v) is 4.04. The van der Waals surface area contributed by atoms with Gasteiger partial charge in [-0.15, -0.1) is 0 Å². The molecule has 1 aliphatic rings. The molecule has 100 valence electrons.